The number of hydrogen-bond donors (Lipinski definition) is 0. The van der Waals surface area contributed by atoms with E-state index in [1.807, 2.05) is 0 Å². The van der Waals surface area contributed by atoms with Crippen molar-refractivity contribution in [3.05, 3.63) is 63.6 Å². The molecule has 0 aliphatic heterocycles. The third kappa shape index (κ3) is 2.92. The second kappa shape index (κ2) is 6.47. The summed E-state index contributed by atoms with van der Waals surface area (Å²) in [6.45, 7) is 0. The lowest BCUT2D eigenvalue weighted by Gasteiger charge is -2.05. The molecule has 0 radical (unpaired) electrons. The Labute approximate surface area is 127 Å². The Morgan fingerprint density at radius 3 is 2.25 bits per heavy atom. The summed E-state index contributed by atoms with van der Waals surface area (Å²) in [5.41, 5.74) is 0.466. The standard InChI is InChI=1S/C14H10Cl2O3P/c1-19-20(18)12-8-3-2-5-9(12)14(17)13-10(15)6-4-7-11(13)16/h2-8H,1H3/q+1. The second-order valence-electron chi connectivity index (χ2n) is 3.88. The lowest BCUT2D eigenvalue weighted by Crippen LogP contribution is -2.14. The van der Waals surface area contributed by atoms with Crippen molar-refractivity contribution in [2.75, 3.05) is 7.11 Å². The first kappa shape index (κ1) is 15.1. The first-order valence-electron chi connectivity index (χ1n) is 5.65. The maximum Gasteiger partial charge on any atom is 0.549 e. The van der Waals surface area contributed by atoms with E-state index in [2.05, 4.69) is 0 Å². The second-order valence-corrected chi connectivity index (χ2v) is 6.06. The van der Waals surface area contributed by atoms with Crippen LogP contribution in [0.25, 0.3) is 0 Å². The topological polar surface area (TPSA) is 43.4 Å². The summed E-state index contributed by atoms with van der Waals surface area (Å²) in [5.74, 6) is -0.378. The van der Waals surface area contributed by atoms with Crippen LogP contribution in [0, 0.1) is 0 Å². The van der Waals surface area contributed by atoms with Crippen LogP contribution in [-0.4, -0.2) is 12.9 Å². The highest BCUT2D eigenvalue weighted by molar-refractivity contribution is 7.48. The molecule has 3 nitrogen and oxygen atoms in total. The highest BCUT2D eigenvalue weighted by atomic mass is 35.5. The zero-order valence-corrected chi connectivity index (χ0v) is 12.9. The Kier molecular flexibility index (Phi) is 4.90. The zero-order valence-electron chi connectivity index (χ0n) is 10.5. The van der Waals surface area contributed by atoms with Crippen LogP contribution in [-0.2, 0) is 9.09 Å². The van der Waals surface area contributed by atoms with E-state index in [1.54, 1.807) is 42.5 Å². The van der Waals surface area contributed by atoms with Crippen molar-refractivity contribution in [2.24, 2.45) is 0 Å². The Hall–Kier alpha value is -1.25. The van der Waals surface area contributed by atoms with E-state index < -0.39 is 8.03 Å². The fourth-order valence-electron chi connectivity index (χ4n) is 1.77. The predicted octanol–water partition coefficient (Wildman–Crippen LogP) is 4.24. The average Bonchev–Trinajstić information content (AvgIpc) is 2.46. The van der Waals surface area contributed by atoms with E-state index in [-0.39, 0.29) is 27.0 Å². The summed E-state index contributed by atoms with van der Waals surface area (Å²) < 4.78 is 16.7. The molecule has 0 saturated heterocycles. The third-order valence-corrected chi connectivity index (χ3v) is 4.45. The maximum atomic E-state index is 12.6. The molecule has 1 unspecified atom stereocenters. The van der Waals surface area contributed by atoms with Crippen LogP contribution in [0.5, 0.6) is 0 Å². The van der Waals surface area contributed by atoms with Crippen molar-refractivity contribution in [3.63, 3.8) is 0 Å². The lowest BCUT2D eigenvalue weighted by molar-refractivity contribution is 0.104. The maximum absolute atomic E-state index is 12.6. The Balaban J connectivity index is 2.58. The van der Waals surface area contributed by atoms with Crippen molar-refractivity contribution in [2.45, 2.75) is 0 Å². The molecule has 2 aromatic carbocycles. The average molecular weight is 328 g/mol. The molecule has 20 heavy (non-hydrogen) atoms. The molecule has 6 heteroatoms. The van der Waals surface area contributed by atoms with Crippen molar-refractivity contribution in [1.82, 2.24) is 0 Å². The van der Waals surface area contributed by atoms with Gasteiger partial charge < -0.3 is 0 Å². The molecule has 0 saturated carbocycles. The van der Waals surface area contributed by atoms with Gasteiger partial charge in [-0.2, -0.15) is 0 Å². The zero-order chi connectivity index (χ0) is 14.7. The molecule has 0 fully saturated rings. The van der Waals surface area contributed by atoms with Crippen molar-refractivity contribution in [1.29, 1.82) is 0 Å². The van der Waals surface area contributed by atoms with Gasteiger partial charge in [0.2, 0.25) is 11.1 Å². The summed E-state index contributed by atoms with van der Waals surface area (Å²) in [6, 6.07) is 11.3. The van der Waals surface area contributed by atoms with Gasteiger partial charge in [-0.3, -0.25) is 4.79 Å². The van der Waals surface area contributed by atoms with Gasteiger partial charge in [0.1, 0.15) is 0 Å². The number of benzene rings is 2. The highest BCUT2D eigenvalue weighted by Crippen LogP contribution is 2.29. The van der Waals surface area contributed by atoms with Gasteiger partial charge >= 0.3 is 8.03 Å². The van der Waals surface area contributed by atoms with Crippen molar-refractivity contribution in [3.8, 4) is 0 Å². The number of halogens is 2. The van der Waals surface area contributed by atoms with Gasteiger partial charge in [0, 0.05) is 0 Å². The number of carbonyl (C=O) groups excluding carboxylic acids is 1. The van der Waals surface area contributed by atoms with E-state index in [1.165, 1.54) is 7.11 Å². The molecular formula is C14H10Cl2O3P+. The van der Waals surface area contributed by atoms with Crippen molar-refractivity contribution >= 4 is 42.3 Å². The van der Waals surface area contributed by atoms with Crippen LogP contribution in [0.4, 0.5) is 0 Å². The summed E-state index contributed by atoms with van der Waals surface area (Å²) in [4.78, 5) is 12.6. The largest absolute Gasteiger partial charge is 0.549 e. The Morgan fingerprint density at radius 1 is 1.05 bits per heavy atom. The van der Waals surface area contributed by atoms with E-state index in [9.17, 15) is 9.36 Å². The number of hydrogen-bond acceptors (Lipinski definition) is 3. The van der Waals surface area contributed by atoms with Crippen molar-refractivity contribution < 1.29 is 13.9 Å². The quantitative estimate of drug-likeness (QED) is 0.623. The molecule has 0 aromatic heterocycles. The van der Waals surface area contributed by atoms with Crippen LogP contribution in [0.1, 0.15) is 15.9 Å². The molecule has 1 atom stereocenters. The lowest BCUT2D eigenvalue weighted by atomic mass is 10.0. The van der Waals surface area contributed by atoms with E-state index in [4.69, 9.17) is 27.7 Å². The van der Waals surface area contributed by atoms with Gasteiger partial charge in [-0.15, -0.1) is 4.52 Å². The smallest absolute Gasteiger partial charge is 0.288 e. The summed E-state index contributed by atoms with van der Waals surface area (Å²) >= 11 is 12.1. The third-order valence-electron chi connectivity index (χ3n) is 2.70. The number of carbonyl (C=O) groups is 1. The SMILES string of the molecule is CO[P+](=O)c1ccccc1C(=O)c1c(Cl)cccc1Cl. The molecule has 0 aliphatic rings. The number of ketones is 1. The van der Waals surface area contributed by atoms with Crippen LogP contribution >= 0.6 is 31.2 Å². The van der Waals surface area contributed by atoms with Crippen LogP contribution in [0.15, 0.2) is 42.5 Å². The molecular weight excluding hydrogens is 318 g/mol. The monoisotopic (exact) mass is 327 g/mol. The van der Waals surface area contributed by atoms with Gasteiger partial charge in [0.15, 0.2) is 0 Å². The normalized spacial score (nSPS) is 11.2. The molecule has 0 amide bonds. The van der Waals surface area contributed by atoms with Crippen LogP contribution < -0.4 is 5.30 Å². The van der Waals surface area contributed by atoms with E-state index in [0.29, 0.717) is 5.30 Å². The van der Waals surface area contributed by atoms with Gasteiger partial charge in [-0.05, 0) is 28.8 Å². The minimum Gasteiger partial charge on any atom is -0.288 e. The minimum atomic E-state index is -2.09. The molecule has 0 heterocycles. The Morgan fingerprint density at radius 2 is 1.65 bits per heavy atom. The highest BCUT2D eigenvalue weighted by Gasteiger charge is 2.29. The molecule has 2 aromatic rings. The van der Waals surface area contributed by atoms with Gasteiger partial charge in [-0.25, -0.2) is 0 Å². The molecule has 0 aliphatic carbocycles. The van der Waals surface area contributed by atoms with Gasteiger partial charge in [0.25, 0.3) is 0 Å². The molecule has 0 bridgehead atoms. The van der Waals surface area contributed by atoms with Crippen LogP contribution in [0.3, 0.4) is 0 Å². The summed E-state index contributed by atoms with van der Waals surface area (Å²) in [7, 11) is -0.771. The minimum absolute atomic E-state index is 0.197. The van der Waals surface area contributed by atoms with Crippen LogP contribution in [0.2, 0.25) is 10.0 Å². The molecule has 102 valence electrons. The van der Waals surface area contributed by atoms with E-state index >= 15 is 0 Å². The fraction of sp³-hybridized carbons (Fsp3) is 0.0714. The molecule has 0 spiro atoms. The molecule has 0 N–H and O–H groups in total. The van der Waals surface area contributed by atoms with E-state index in [0.717, 1.165) is 0 Å². The Bertz CT molecular complexity index is 666. The molecule has 2 rings (SSSR count). The predicted molar refractivity (Wildman–Crippen MR) is 80.6 cm³/mol. The summed E-state index contributed by atoms with van der Waals surface area (Å²) in [5, 5.41) is 0.834. The summed E-state index contributed by atoms with van der Waals surface area (Å²) in [6.07, 6.45) is 0. The first-order chi connectivity index (χ1) is 9.56. The van der Waals surface area contributed by atoms with Gasteiger partial charge in [-0.1, -0.05) is 41.4 Å². The fourth-order valence-corrected chi connectivity index (χ4v) is 3.12. The first-order valence-corrected chi connectivity index (χ1v) is 7.58. The van der Waals surface area contributed by atoms with Gasteiger partial charge in [0.05, 0.1) is 28.3 Å². The number of rotatable bonds is 4.